The molecule has 0 spiro atoms. The van der Waals surface area contributed by atoms with E-state index in [2.05, 4.69) is 19.2 Å². The molecule has 2 atom stereocenters. The number of rotatable bonds is 8. The third-order valence-corrected chi connectivity index (χ3v) is 6.90. The van der Waals surface area contributed by atoms with Crippen LogP contribution in [0.2, 0.25) is 0 Å². The fourth-order valence-electron chi connectivity index (χ4n) is 3.32. The van der Waals surface area contributed by atoms with Crippen molar-refractivity contribution < 1.29 is 18.1 Å². The van der Waals surface area contributed by atoms with E-state index in [0.29, 0.717) is 18.8 Å². The van der Waals surface area contributed by atoms with Crippen LogP contribution in [0.1, 0.15) is 52.9 Å². The smallest absolute Gasteiger partial charge is 0.269 e. The van der Waals surface area contributed by atoms with Crippen molar-refractivity contribution in [3.63, 3.8) is 0 Å². The molecular formula is C19H29N3O5S. The Balaban J connectivity index is 2.16. The molecule has 1 aliphatic rings. The van der Waals surface area contributed by atoms with Gasteiger partial charge in [0.2, 0.25) is 15.9 Å². The van der Waals surface area contributed by atoms with E-state index >= 15 is 0 Å². The molecule has 1 aromatic carbocycles. The van der Waals surface area contributed by atoms with Gasteiger partial charge in [-0.25, -0.2) is 8.42 Å². The number of benzene rings is 1. The topological polar surface area (TPSA) is 110 Å². The van der Waals surface area contributed by atoms with E-state index in [1.54, 1.807) is 0 Å². The fraction of sp³-hybridized carbons (Fsp3) is 0.632. The van der Waals surface area contributed by atoms with Gasteiger partial charge in [-0.15, -0.1) is 0 Å². The predicted molar refractivity (Wildman–Crippen MR) is 106 cm³/mol. The Morgan fingerprint density at radius 2 is 1.86 bits per heavy atom. The number of nitrogens with zero attached hydrogens (tertiary/aromatic N) is 2. The first-order chi connectivity index (χ1) is 13.1. The van der Waals surface area contributed by atoms with E-state index in [0.717, 1.165) is 19.3 Å². The van der Waals surface area contributed by atoms with Gasteiger partial charge in [-0.05, 0) is 50.7 Å². The van der Waals surface area contributed by atoms with Gasteiger partial charge >= 0.3 is 0 Å². The second-order valence-electron chi connectivity index (χ2n) is 7.76. The second kappa shape index (κ2) is 9.47. The highest BCUT2D eigenvalue weighted by Gasteiger charge is 2.38. The second-order valence-corrected chi connectivity index (χ2v) is 9.65. The zero-order valence-corrected chi connectivity index (χ0v) is 17.4. The summed E-state index contributed by atoms with van der Waals surface area (Å²) in [6.45, 7) is 6.43. The van der Waals surface area contributed by atoms with Crippen LogP contribution in [-0.4, -0.2) is 42.2 Å². The van der Waals surface area contributed by atoms with Crippen molar-refractivity contribution in [3.05, 3.63) is 34.4 Å². The number of hydrogen-bond acceptors (Lipinski definition) is 5. The molecule has 0 unspecified atom stereocenters. The van der Waals surface area contributed by atoms with Gasteiger partial charge in [-0.1, -0.05) is 20.3 Å². The molecule has 2 rings (SSSR count). The summed E-state index contributed by atoms with van der Waals surface area (Å²) in [5.74, 6) is 0.259. The molecule has 28 heavy (non-hydrogen) atoms. The first-order valence-corrected chi connectivity index (χ1v) is 11.1. The standard InChI is InChI=1S/C19H29N3O5S/c1-14(2)7-8-15(3)20-19(23)18-6-4-5-13-21(18)28(26,27)17-11-9-16(10-12-17)22(24)25/h9-12,14-15,18H,4-8,13H2,1-3H3,(H,20,23)/t15-,18+/m0/s1. The maximum atomic E-state index is 13.1. The van der Waals surface area contributed by atoms with Crippen molar-refractivity contribution in [1.82, 2.24) is 9.62 Å². The van der Waals surface area contributed by atoms with Gasteiger partial charge in [0.05, 0.1) is 9.82 Å². The first kappa shape index (κ1) is 22.3. The van der Waals surface area contributed by atoms with Gasteiger partial charge in [0.25, 0.3) is 5.69 Å². The Hall–Kier alpha value is -2.00. The van der Waals surface area contributed by atoms with E-state index in [-0.39, 0.29) is 29.1 Å². The van der Waals surface area contributed by atoms with Gasteiger partial charge in [0.1, 0.15) is 6.04 Å². The largest absolute Gasteiger partial charge is 0.352 e. The summed E-state index contributed by atoms with van der Waals surface area (Å²) in [6, 6.07) is 4.00. The summed E-state index contributed by atoms with van der Waals surface area (Å²) >= 11 is 0. The molecule has 0 bridgehead atoms. The lowest BCUT2D eigenvalue weighted by atomic mass is 10.0. The minimum atomic E-state index is -3.91. The number of non-ortho nitro benzene ring substituents is 1. The molecule has 9 heteroatoms. The number of nitrogens with one attached hydrogen (secondary N) is 1. The molecule has 0 aliphatic carbocycles. The third-order valence-electron chi connectivity index (χ3n) is 4.98. The molecule has 1 saturated heterocycles. The van der Waals surface area contributed by atoms with Gasteiger partial charge < -0.3 is 5.32 Å². The average Bonchev–Trinajstić information content (AvgIpc) is 2.66. The molecule has 1 aliphatic heterocycles. The van der Waals surface area contributed by atoms with Crippen LogP contribution in [0.5, 0.6) is 0 Å². The van der Waals surface area contributed by atoms with Crippen LogP contribution in [0.15, 0.2) is 29.2 Å². The van der Waals surface area contributed by atoms with E-state index in [1.165, 1.54) is 28.6 Å². The van der Waals surface area contributed by atoms with Crippen molar-refractivity contribution in [2.24, 2.45) is 5.92 Å². The van der Waals surface area contributed by atoms with Crippen LogP contribution in [0.25, 0.3) is 0 Å². The Morgan fingerprint density at radius 1 is 1.21 bits per heavy atom. The van der Waals surface area contributed by atoms with Crippen LogP contribution in [0.4, 0.5) is 5.69 Å². The van der Waals surface area contributed by atoms with E-state index in [4.69, 9.17) is 0 Å². The highest BCUT2D eigenvalue weighted by atomic mass is 32.2. The number of hydrogen-bond donors (Lipinski definition) is 1. The monoisotopic (exact) mass is 411 g/mol. The summed E-state index contributed by atoms with van der Waals surface area (Å²) in [5.41, 5.74) is -0.175. The van der Waals surface area contributed by atoms with Crippen molar-refractivity contribution in [2.45, 2.75) is 69.9 Å². The summed E-state index contributed by atoms with van der Waals surface area (Å²) in [5, 5.41) is 13.7. The van der Waals surface area contributed by atoms with E-state index < -0.39 is 21.0 Å². The maximum Gasteiger partial charge on any atom is 0.269 e. The normalized spacial score (nSPS) is 19.4. The Kier molecular flexibility index (Phi) is 7.54. The van der Waals surface area contributed by atoms with Crippen molar-refractivity contribution >= 4 is 21.6 Å². The summed E-state index contributed by atoms with van der Waals surface area (Å²) in [4.78, 5) is 23.0. The highest BCUT2D eigenvalue weighted by molar-refractivity contribution is 7.89. The molecule has 1 heterocycles. The van der Waals surface area contributed by atoms with Crippen LogP contribution < -0.4 is 5.32 Å². The Morgan fingerprint density at radius 3 is 2.43 bits per heavy atom. The summed E-state index contributed by atoms with van der Waals surface area (Å²) in [7, 11) is -3.91. The quantitative estimate of drug-likeness (QED) is 0.522. The molecule has 0 radical (unpaired) electrons. The van der Waals surface area contributed by atoms with Crippen LogP contribution in [0, 0.1) is 16.0 Å². The van der Waals surface area contributed by atoms with Gasteiger partial charge in [-0.2, -0.15) is 4.31 Å². The van der Waals surface area contributed by atoms with Crippen molar-refractivity contribution in [2.75, 3.05) is 6.54 Å². The fourth-order valence-corrected chi connectivity index (χ4v) is 4.98. The molecular weight excluding hydrogens is 382 g/mol. The van der Waals surface area contributed by atoms with Crippen molar-refractivity contribution in [1.29, 1.82) is 0 Å². The SMILES string of the molecule is CC(C)CC[C@H](C)NC(=O)[C@H]1CCCCN1S(=O)(=O)c1ccc([N+](=O)[O-])cc1. The number of amides is 1. The van der Waals surface area contributed by atoms with Gasteiger partial charge in [0.15, 0.2) is 0 Å². The molecule has 1 N–H and O–H groups in total. The summed E-state index contributed by atoms with van der Waals surface area (Å²) in [6.07, 6.45) is 3.75. The molecule has 0 saturated carbocycles. The number of piperidine rings is 1. The van der Waals surface area contributed by atoms with E-state index in [1.807, 2.05) is 6.92 Å². The molecule has 0 aromatic heterocycles. The number of nitro benzene ring substituents is 1. The molecule has 1 fully saturated rings. The lowest BCUT2D eigenvalue weighted by Gasteiger charge is -2.34. The number of sulfonamides is 1. The van der Waals surface area contributed by atoms with Crippen LogP contribution in [0.3, 0.4) is 0 Å². The third kappa shape index (κ3) is 5.51. The zero-order chi connectivity index (χ0) is 20.9. The summed E-state index contributed by atoms with van der Waals surface area (Å²) < 4.78 is 27.4. The molecule has 8 nitrogen and oxygen atoms in total. The van der Waals surface area contributed by atoms with E-state index in [9.17, 15) is 23.3 Å². The molecule has 1 aromatic rings. The minimum Gasteiger partial charge on any atom is -0.352 e. The Bertz CT molecular complexity index is 792. The van der Waals surface area contributed by atoms with Gasteiger partial charge in [-0.3, -0.25) is 14.9 Å². The molecule has 156 valence electrons. The highest BCUT2D eigenvalue weighted by Crippen LogP contribution is 2.27. The maximum absolute atomic E-state index is 13.1. The lowest BCUT2D eigenvalue weighted by Crippen LogP contribution is -2.53. The number of carbonyl (C=O) groups excluding carboxylic acids is 1. The zero-order valence-electron chi connectivity index (χ0n) is 16.6. The number of nitro groups is 1. The minimum absolute atomic E-state index is 0.0271. The first-order valence-electron chi connectivity index (χ1n) is 9.69. The lowest BCUT2D eigenvalue weighted by molar-refractivity contribution is -0.384. The van der Waals surface area contributed by atoms with Gasteiger partial charge in [0, 0.05) is 24.7 Å². The van der Waals surface area contributed by atoms with Crippen LogP contribution in [-0.2, 0) is 14.8 Å². The van der Waals surface area contributed by atoms with Crippen molar-refractivity contribution in [3.8, 4) is 0 Å². The number of carbonyl (C=O) groups is 1. The van der Waals surface area contributed by atoms with Crippen LogP contribution >= 0.6 is 0 Å². The average molecular weight is 412 g/mol. The predicted octanol–water partition coefficient (Wildman–Crippen LogP) is 3.08. The Labute approximate surface area is 166 Å². The molecule has 1 amide bonds.